The zero-order chi connectivity index (χ0) is 19.4. The fourth-order valence-electron chi connectivity index (χ4n) is 2.35. The van der Waals surface area contributed by atoms with Gasteiger partial charge in [0, 0.05) is 17.7 Å². The van der Waals surface area contributed by atoms with Crippen molar-refractivity contribution in [2.75, 3.05) is 13.1 Å². The Morgan fingerprint density at radius 3 is 2.16 bits per heavy atom. The first-order valence-corrected chi connectivity index (χ1v) is 8.23. The monoisotopic (exact) mass is 422 g/mol. The van der Waals surface area contributed by atoms with E-state index in [9.17, 15) is 18.3 Å². The van der Waals surface area contributed by atoms with E-state index in [1.54, 1.807) is 0 Å². The Hall–Kier alpha value is -0.930. The molecule has 0 amide bonds. The summed E-state index contributed by atoms with van der Waals surface area (Å²) in [4.78, 5) is 8.90. The number of aromatic hydroxyl groups is 1. The second kappa shape index (κ2) is 9.14. The fraction of sp³-hybridized carbons (Fsp3) is 0.500. The molecule has 0 bridgehead atoms. The van der Waals surface area contributed by atoms with Crippen molar-refractivity contribution in [3.8, 4) is 5.75 Å². The predicted molar refractivity (Wildman–Crippen MR) is 89.3 cm³/mol. The van der Waals surface area contributed by atoms with Crippen molar-refractivity contribution in [1.29, 1.82) is 0 Å². The Morgan fingerprint density at radius 1 is 1.24 bits per heavy atom. The first-order valence-electron chi connectivity index (χ1n) is 7.09. The molecule has 2 rings (SSSR count). The molecule has 1 aromatic rings. The number of nitrogens with two attached hydrogens (primary N) is 1. The van der Waals surface area contributed by atoms with Crippen LogP contribution in [0.25, 0.3) is 0 Å². The molecule has 1 saturated heterocycles. The molecule has 1 heterocycles. The van der Waals surface area contributed by atoms with Crippen molar-refractivity contribution in [3.63, 3.8) is 0 Å². The number of carboxylic acid groups (broad SMARTS) is 1. The number of nitrogens with one attached hydrogen (secondary N) is 1. The zero-order valence-electron chi connectivity index (χ0n) is 12.7. The van der Waals surface area contributed by atoms with Crippen LogP contribution in [-0.2, 0) is 4.79 Å². The fourth-order valence-corrected chi connectivity index (χ4v) is 3.08. The van der Waals surface area contributed by atoms with Gasteiger partial charge in [-0.05, 0) is 31.8 Å². The largest absolute Gasteiger partial charge is 0.507 e. The molecule has 0 spiro atoms. The number of phenols is 1. The Bertz CT molecular complexity index is 624. The van der Waals surface area contributed by atoms with Crippen LogP contribution < -0.4 is 11.1 Å². The SMILES string of the molecule is N[C@H](c1c(O)cc(Cl)c(Cl)c1Cl)C1CCNCC1.O=C(O)C(F)(F)F. The van der Waals surface area contributed by atoms with Crippen LogP contribution in [0.5, 0.6) is 5.75 Å². The van der Waals surface area contributed by atoms with E-state index in [2.05, 4.69) is 5.32 Å². The van der Waals surface area contributed by atoms with Crippen LogP contribution >= 0.6 is 34.8 Å². The highest BCUT2D eigenvalue weighted by Crippen LogP contribution is 2.43. The summed E-state index contributed by atoms with van der Waals surface area (Å²) in [5.41, 5.74) is 6.71. The molecule has 1 aromatic carbocycles. The quantitative estimate of drug-likeness (QED) is 0.540. The average Bonchev–Trinajstić information content (AvgIpc) is 2.53. The van der Waals surface area contributed by atoms with Gasteiger partial charge in [0.25, 0.3) is 0 Å². The van der Waals surface area contributed by atoms with Crippen molar-refractivity contribution in [3.05, 3.63) is 26.7 Å². The normalized spacial score (nSPS) is 16.8. The maximum Gasteiger partial charge on any atom is 0.490 e. The minimum atomic E-state index is -5.08. The molecule has 0 unspecified atom stereocenters. The second-order valence-corrected chi connectivity index (χ2v) is 6.50. The van der Waals surface area contributed by atoms with E-state index in [0.29, 0.717) is 5.56 Å². The van der Waals surface area contributed by atoms with Crippen LogP contribution in [0, 0.1) is 5.92 Å². The number of carbonyl (C=O) groups is 1. The predicted octanol–water partition coefficient (Wildman–Crippen LogP) is 3.99. The maximum atomic E-state index is 10.6. The Kier molecular flexibility index (Phi) is 8.08. The average molecular weight is 424 g/mol. The van der Waals surface area contributed by atoms with Crippen LogP contribution in [0.15, 0.2) is 6.07 Å². The lowest BCUT2D eigenvalue weighted by Crippen LogP contribution is -2.34. The smallest absolute Gasteiger partial charge is 0.490 e. The minimum absolute atomic E-state index is 0.0143. The van der Waals surface area contributed by atoms with E-state index in [1.165, 1.54) is 6.07 Å². The van der Waals surface area contributed by atoms with Crippen molar-refractivity contribution in [1.82, 2.24) is 5.32 Å². The highest BCUT2D eigenvalue weighted by Gasteiger charge is 2.38. The number of benzene rings is 1. The topological polar surface area (TPSA) is 95.6 Å². The minimum Gasteiger partial charge on any atom is -0.507 e. The molecule has 1 aliphatic rings. The molecule has 5 N–H and O–H groups in total. The first kappa shape index (κ1) is 22.1. The van der Waals surface area contributed by atoms with Gasteiger partial charge in [-0.2, -0.15) is 13.2 Å². The maximum absolute atomic E-state index is 10.6. The van der Waals surface area contributed by atoms with Gasteiger partial charge in [-0.15, -0.1) is 0 Å². The van der Waals surface area contributed by atoms with Gasteiger partial charge in [-0.1, -0.05) is 34.8 Å². The molecule has 0 saturated carbocycles. The molecule has 0 radical (unpaired) electrons. The van der Waals surface area contributed by atoms with Crippen LogP contribution in [0.3, 0.4) is 0 Å². The Labute approximate surface area is 156 Å². The molecule has 0 aromatic heterocycles. The van der Waals surface area contributed by atoms with Crippen molar-refractivity contribution in [2.24, 2.45) is 11.7 Å². The summed E-state index contributed by atoms with van der Waals surface area (Å²) in [5.74, 6) is -2.46. The van der Waals surface area contributed by atoms with Crippen molar-refractivity contribution in [2.45, 2.75) is 25.1 Å². The Morgan fingerprint density at radius 2 is 1.72 bits per heavy atom. The second-order valence-electron chi connectivity index (χ2n) is 5.34. The molecule has 1 atom stereocenters. The third kappa shape index (κ3) is 6.07. The number of halogens is 6. The first-order chi connectivity index (χ1) is 11.5. The van der Waals surface area contributed by atoms with Crippen LogP contribution in [0.1, 0.15) is 24.4 Å². The van der Waals surface area contributed by atoms with E-state index >= 15 is 0 Å². The van der Waals surface area contributed by atoms with E-state index in [0.717, 1.165) is 25.9 Å². The molecule has 25 heavy (non-hydrogen) atoms. The van der Waals surface area contributed by atoms with Gasteiger partial charge in [0.2, 0.25) is 0 Å². The number of alkyl halides is 3. The lowest BCUT2D eigenvalue weighted by molar-refractivity contribution is -0.192. The molecular formula is C14H16Cl3F3N2O3. The summed E-state index contributed by atoms with van der Waals surface area (Å²) >= 11 is 18.0. The van der Waals surface area contributed by atoms with E-state index in [4.69, 9.17) is 50.4 Å². The number of carboxylic acids is 1. The van der Waals surface area contributed by atoms with Crippen molar-refractivity contribution >= 4 is 40.8 Å². The summed E-state index contributed by atoms with van der Waals surface area (Å²) < 4.78 is 31.7. The molecular weight excluding hydrogens is 408 g/mol. The van der Waals surface area contributed by atoms with Crippen molar-refractivity contribution < 1.29 is 28.2 Å². The number of piperidine rings is 1. The summed E-state index contributed by atoms with van der Waals surface area (Å²) in [5, 5.41) is 21.1. The number of hydrogen-bond donors (Lipinski definition) is 4. The Balaban J connectivity index is 0.000000381. The van der Waals surface area contributed by atoms with Crippen LogP contribution in [-0.4, -0.2) is 35.4 Å². The van der Waals surface area contributed by atoms with E-state index in [1.807, 2.05) is 0 Å². The molecule has 5 nitrogen and oxygen atoms in total. The number of aliphatic carboxylic acids is 1. The standard InChI is InChI=1S/C12H15Cl3N2O.C2HF3O2/c13-7-5-8(18)9(11(15)10(7)14)12(16)6-1-3-17-4-2-6;3-2(4,5)1(6)7/h5-6,12,17-18H,1-4,16H2;(H,6,7)/t12-;/m0./s1. The molecule has 0 aliphatic carbocycles. The van der Waals surface area contributed by atoms with E-state index < -0.39 is 12.1 Å². The van der Waals surface area contributed by atoms with Gasteiger partial charge in [0.05, 0.1) is 15.1 Å². The number of phenolic OH excluding ortho intramolecular Hbond substituents is 1. The van der Waals surface area contributed by atoms with Gasteiger partial charge < -0.3 is 21.3 Å². The highest BCUT2D eigenvalue weighted by molar-refractivity contribution is 6.48. The summed E-state index contributed by atoms with van der Waals surface area (Å²) in [6.45, 7) is 1.86. The summed E-state index contributed by atoms with van der Waals surface area (Å²) in [6.07, 6.45) is -3.17. The molecule has 11 heteroatoms. The third-order valence-electron chi connectivity index (χ3n) is 3.65. The van der Waals surface area contributed by atoms with Gasteiger partial charge in [0.1, 0.15) is 5.75 Å². The lowest BCUT2D eigenvalue weighted by atomic mass is 9.86. The van der Waals surface area contributed by atoms with Crippen LogP contribution in [0.2, 0.25) is 15.1 Å². The molecule has 142 valence electrons. The van der Waals surface area contributed by atoms with Gasteiger partial charge >= 0.3 is 12.1 Å². The van der Waals surface area contributed by atoms with Gasteiger partial charge in [-0.25, -0.2) is 4.79 Å². The summed E-state index contributed by atoms with van der Waals surface area (Å²) in [7, 11) is 0. The van der Waals surface area contributed by atoms with Gasteiger partial charge in [0.15, 0.2) is 0 Å². The zero-order valence-corrected chi connectivity index (χ0v) is 15.0. The van der Waals surface area contributed by atoms with E-state index in [-0.39, 0.29) is 32.8 Å². The molecule has 1 aliphatic heterocycles. The number of rotatable bonds is 2. The molecule has 1 fully saturated rings. The third-order valence-corrected chi connectivity index (χ3v) is 4.92. The van der Waals surface area contributed by atoms with Gasteiger partial charge in [-0.3, -0.25) is 0 Å². The number of hydrogen-bond acceptors (Lipinski definition) is 4. The summed E-state index contributed by atoms with van der Waals surface area (Å²) in [6, 6.07) is 1.07. The highest BCUT2D eigenvalue weighted by atomic mass is 35.5. The van der Waals surface area contributed by atoms with Crippen LogP contribution in [0.4, 0.5) is 13.2 Å². The lowest BCUT2D eigenvalue weighted by Gasteiger charge is -2.29.